The molecule has 182 valence electrons. The summed E-state index contributed by atoms with van der Waals surface area (Å²) in [5, 5.41) is 2.95. The zero-order valence-corrected chi connectivity index (χ0v) is 20.1. The first-order valence-corrected chi connectivity index (χ1v) is 12.0. The van der Waals surface area contributed by atoms with Crippen LogP contribution in [0.3, 0.4) is 0 Å². The summed E-state index contributed by atoms with van der Waals surface area (Å²) in [4.78, 5) is 32.3. The molecule has 1 N–H and O–H groups in total. The minimum Gasteiger partial charge on any atom is -0.493 e. The van der Waals surface area contributed by atoms with E-state index in [1.54, 1.807) is 19.1 Å². The monoisotopic (exact) mass is 474 g/mol. The molecule has 5 rings (SSSR count). The first kappa shape index (κ1) is 23.0. The summed E-state index contributed by atoms with van der Waals surface area (Å²) in [7, 11) is 3.17. The molecule has 3 aromatic rings. The Morgan fingerprint density at radius 3 is 2.43 bits per heavy atom. The molecule has 2 aliphatic rings. The van der Waals surface area contributed by atoms with E-state index in [1.165, 1.54) is 0 Å². The van der Waals surface area contributed by atoms with Gasteiger partial charge in [-0.15, -0.1) is 0 Å². The summed E-state index contributed by atoms with van der Waals surface area (Å²) in [5.41, 5.74) is 2.41. The van der Waals surface area contributed by atoms with Gasteiger partial charge < -0.3 is 14.4 Å². The van der Waals surface area contributed by atoms with Crippen LogP contribution < -0.4 is 14.8 Å². The number of hydrogen-bond acceptors (Lipinski definition) is 5. The fraction of sp³-hybridized carbons (Fsp3) is 0.370. The zero-order chi connectivity index (χ0) is 24.4. The van der Waals surface area contributed by atoms with Crippen LogP contribution in [0.2, 0.25) is 0 Å². The molecular formula is C27H30N4O4. The molecule has 0 radical (unpaired) electrons. The van der Waals surface area contributed by atoms with Crippen LogP contribution in [0.25, 0.3) is 16.9 Å². The third-order valence-electron chi connectivity index (χ3n) is 6.42. The van der Waals surface area contributed by atoms with E-state index in [4.69, 9.17) is 14.5 Å². The minimum atomic E-state index is -0.258. The predicted octanol–water partition coefficient (Wildman–Crippen LogP) is 4.14. The summed E-state index contributed by atoms with van der Waals surface area (Å²) >= 11 is 0. The Bertz CT molecular complexity index is 1220. The van der Waals surface area contributed by atoms with Crippen LogP contribution in [0.1, 0.15) is 25.7 Å². The predicted molar refractivity (Wildman–Crippen MR) is 133 cm³/mol. The third-order valence-corrected chi connectivity index (χ3v) is 6.42. The number of carbonyl (C=O) groups excluding carboxylic acids is 2. The summed E-state index contributed by atoms with van der Waals surface area (Å²) in [6, 6.07) is 15.3. The van der Waals surface area contributed by atoms with Crippen LogP contribution in [0.15, 0.2) is 54.7 Å². The number of rotatable bonds is 10. The standard InChI is InChI=1S/C27H30N4O4/c1-34-23-13-12-21(14-24(23)35-2)31-16-22(19-6-4-3-5-7-19)28-27(31)29-25(32)17-30(15-18-8-9-18)26(33)20-10-11-20/h3-7,12-14,16,18,20H,8-11,15,17H2,1-2H3,(H,28,29,32). The molecule has 0 aliphatic heterocycles. The average molecular weight is 475 g/mol. The fourth-order valence-electron chi connectivity index (χ4n) is 4.16. The van der Waals surface area contributed by atoms with Crippen molar-refractivity contribution in [2.45, 2.75) is 25.7 Å². The number of hydrogen-bond donors (Lipinski definition) is 1. The molecule has 8 nitrogen and oxygen atoms in total. The summed E-state index contributed by atoms with van der Waals surface area (Å²) in [6.45, 7) is 0.688. The smallest absolute Gasteiger partial charge is 0.246 e. The van der Waals surface area contributed by atoms with Crippen LogP contribution in [-0.4, -0.2) is 53.6 Å². The van der Waals surface area contributed by atoms with Gasteiger partial charge in [0.2, 0.25) is 17.8 Å². The molecule has 35 heavy (non-hydrogen) atoms. The van der Waals surface area contributed by atoms with Crippen molar-refractivity contribution in [2.75, 3.05) is 32.6 Å². The van der Waals surface area contributed by atoms with Crippen LogP contribution in [-0.2, 0) is 9.59 Å². The van der Waals surface area contributed by atoms with E-state index < -0.39 is 0 Å². The van der Waals surface area contributed by atoms with Gasteiger partial charge >= 0.3 is 0 Å². The number of aromatic nitrogens is 2. The van der Waals surface area contributed by atoms with Crippen molar-refractivity contribution in [1.82, 2.24) is 14.5 Å². The maximum atomic E-state index is 13.1. The van der Waals surface area contributed by atoms with Gasteiger partial charge in [0.25, 0.3) is 0 Å². The number of benzene rings is 2. The third kappa shape index (κ3) is 5.31. The maximum Gasteiger partial charge on any atom is 0.246 e. The summed E-state index contributed by atoms with van der Waals surface area (Å²) < 4.78 is 12.7. The van der Waals surface area contributed by atoms with Gasteiger partial charge in [0.05, 0.1) is 32.1 Å². The number of ether oxygens (including phenoxy) is 2. The van der Waals surface area contributed by atoms with Crippen LogP contribution in [0.4, 0.5) is 5.95 Å². The van der Waals surface area contributed by atoms with Gasteiger partial charge in [-0.1, -0.05) is 30.3 Å². The quantitative estimate of drug-likeness (QED) is 0.477. The number of amides is 2. The molecule has 2 saturated carbocycles. The van der Waals surface area contributed by atoms with Crippen molar-refractivity contribution in [1.29, 1.82) is 0 Å². The van der Waals surface area contributed by atoms with Gasteiger partial charge in [-0.2, -0.15) is 0 Å². The lowest BCUT2D eigenvalue weighted by Crippen LogP contribution is -2.40. The topological polar surface area (TPSA) is 85.7 Å². The SMILES string of the molecule is COc1ccc(-n2cc(-c3ccccc3)nc2NC(=O)CN(CC2CC2)C(=O)C2CC2)cc1OC. The molecule has 0 saturated heterocycles. The van der Waals surface area contributed by atoms with E-state index in [0.717, 1.165) is 42.6 Å². The molecule has 0 bridgehead atoms. The van der Waals surface area contributed by atoms with Gasteiger partial charge in [0, 0.05) is 30.3 Å². The van der Waals surface area contributed by atoms with Gasteiger partial charge in [0.1, 0.15) is 0 Å². The van der Waals surface area contributed by atoms with Crippen molar-refractivity contribution in [2.24, 2.45) is 11.8 Å². The van der Waals surface area contributed by atoms with E-state index in [-0.39, 0.29) is 24.3 Å². The zero-order valence-electron chi connectivity index (χ0n) is 20.1. The van der Waals surface area contributed by atoms with Crippen molar-refractivity contribution in [3.63, 3.8) is 0 Å². The fourth-order valence-corrected chi connectivity index (χ4v) is 4.16. The van der Waals surface area contributed by atoms with E-state index in [1.807, 2.05) is 59.3 Å². The van der Waals surface area contributed by atoms with Gasteiger partial charge in [-0.25, -0.2) is 4.98 Å². The number of carbonyl (C=O) groups is 2. The Morgan fingerprint density at radius 1 is 1.03 bits per heavy atom. The number of methoxy groups -OCH3 is 2. The van der Waals surface area contributed by atoms with E-state index in [0.29, 0.717) is 29.9 Å². The number of nitrogens with one attached hydrogen (secondary N) is 1. The molecule has 1 aromatic heterocycles. The molecule has 2 fully saturated rings. The van der Waals surface area contributed by atoms with Gasteiger partial charge in [-0.05, 0) is 43.7 Å². The minimum absolute atomic E-state index is 0.0330. The second kappa shape index (κ2) is 9.82. The molecule has 8 heteroatoms. The van der Waals surface area contributed by atoms with E-state index in [2.05, 4.69) is 5.32 Å². The lowest BCUT2D eigenvalue weighted by molar-refractivity contribution is -0.136. The van der Waals surface area contributed by atoms with Crippen molar-refractivity contribution < 1.29 is 19.1 Å². The molecule has 1 heterocycles. The average Bonchev–Trinajstić information content (AvgIpc) is 3.82. The number of anilines is 1. The van der Waals surface area contributed by atoms with Crippen LogP contribution >= 0.6 is 0 Å². The number of imidazole rings is 1. The van der Waals surface area contributed by atoms with Crippen LogP contribution in [0.5, 0.6) is 11.5 Å². The normalized spacial score (nSPS) is 14.9. The highest BCUT2D eigenvalue weighted by molar-refractivity contribution is 5.94. The van der Waals surface area contributed by atoms with Crippen LogP contribution in [0, 0.1) is 11.8 Å². The largest absolute Gasteiger partial charge is 0.493 e. The molecular weight excluding hydrogens is 444 g/mol. The lowest BCUT2D eigenvalue weighted by Gasteiger charge is -2.22. The highest BCUT2D eigenvalue weighted by atomic mass is 16.5. The van der Waals surface area contributed by atoms with Crippen molar-refractivity contribution in [3.8, 4) is 28.4 Å². The van der Waals surface area contributed by atoms with Crippen molar-refractivity contribution >= 4 is 17.8 Å². The first-order chi connectivity index (χ1) is 17.1. The van der Waals surface area contributed by atoms with E-state index >= 15 is 0 Å². The Morgan fingerprint density at radius 2 is 1.77 bits per heavy atom. The molecule has 2 amide bonds. The Balaban J connectivity index is 1.43. The Labute approximate surface area is 204 Å². The highest BCUT2D eigenvalue weighted by Crippen LogP contribution is 2.35. The Hall–Kier alpha value is -3.81. The lowest BCUT2D eigenvalue weighted by atomic mass is 10.2. The second-order valence-corrected chi connectivity index (χ2v) is 9.21. The van der Waals surface area contributed by atoms with Crippen molar-refractivity contribution in [3.05, 3.63) is 54.7 Å². The molecule has 0 unspecified atom stereocenters. The molecule has 0 spiro atoms. The number of nitrogens with zero attached hydrogens (tertiary/aromatic N) is 3. The van der Waals surface area contributed by atoms with Gasteiger partial charge in [0.15, 0.2) is 11.5 Å². The maximum absolute atomic E-state index is 13.1. The van der Waals surface area contributed by atoms with E-state index in [9.17, 15) is 9.59 Å². The Kier molecular flexibility index (Phi) is 6.44. The molecule has 0 atom stereocenters. The summed E-state index contributed by atoms with van der Waals surface area (Å²) in [6.07, 6.45) is 5.97. The highest BCUT2D eigenvalue weighted by Gasteiger charge is 2.36. The first-order valence-electron chi connectivity index (χ1n) is 12.0. The summed E-state index contributed by atoms with van der Waals surface area (Å²) in [5.74, 6) is 2.00. The molecule has 2 aromatic carbocycles. The van der Waals surface area contributed by atoms with Gasteiger partial charge in [-0.3, -0.25) is 19.5 Å². The molecule has 2 aliphatic carbocycles. The second-order valence-electron chi connectivity index (χ2n) is 9.21.